The van der Waals surface area contributed by atoms with Gasteiger partial charge >= 0.3 is 0 Å². The molecule has 1 amide bonds. The van der Waals surface area contributed by atoms with Gasteiger partial charge in [-0.2, -0.15) is 5.10 Å². The molecule has 1 aromatic heterocycles. The van der Waals surface area contributed by atoms with Gasteiger partial charge in [-0.3, -0.25) is 9.59 Å². The molecule has 1 saturated heterocycles. The van der Waals surface area contributed by atoms with E-state index in [-0.39, 0.29) is 23.4 Å². The summed E-state index contributed by atoms with van der Waals surface area (Å²) >= 11 is 0. The van der Waals surface area contributed by atoms with Crippen molar-refractivity contribution in [1.29, 1.82) is 0 Å². The van der Waals surface area contributed by atoms with Gasteiger partial charge in [-0.25, -0.2) is 4.68 Å². The molecule has 1 aliphatic heterocycles. The van der Waals surface area contributed by atoms with Gasteiger partial charge in [0.05, 0.1) is 11.9 Å². The fourth-order valence-corrected chi connectivity index (χ4v) is 2.89. The van der Waals surface area contributed by atoms with E-state index in [1.54, 1.807) is 19.3 Å². The Morgan fingerprint density at radius 3 is 2.55 bits per heavy atom. The second-order valence-corrected chi connectivity index (χ2v) is 5.96. The molecule has 0 aromatic carbocycles. The van der Waals surface area contributed by atoms with Crippen LogP contribution >= 0.6 is 0 Å². The highest BCUT2D eigenvalue weighted by atomic mass is 16.2. The van der Waals surface area contributed by atoms with Crippen LogP contribution in [0.25, 0.3) is 0 Å². The van der Waals surface area contributed by atoms with Crippen LogP contribution in [0.15, 0.2) is 17.1 Å². The normalized spacial score (nSPS) is 16.1. The second-order valence-electron chi connectivity index (χ2n) is 5.96. The van der Waals surface area contributed by atoms with Crippen LogP contribution in [0.4, 0.5) is 5.69 Å². The molecule has 1 aromatic rings. The maximum Gasteiger partial charge on any atom is 0.268 e. The summed E-state index contributed by atoms with van der Waals surface area (Å²) in [5.41, 5.74) is 0.773. The van der Waals surface area contributed by atoms with E-state index >= 15 is 0 Å². The van der Waals surface area contributed by atoms with Crippen molar-refractivity contribution in [3.63, 3.8) is 0 Å². The van der Waals surface area contributed by atoms with E-state index in [2.05, 4.69) is 29.2 Å². The minimum Gasteiger partial charge on any atom is -0.370 e. The van der Waals surface area contributed by atoms with Crippen LogP contribution in [0.2, 0.25) is 0 Å². The minimum absolute atomic E-state index is 0.0957. The quantitative estimate of drug-likeness (QED) is 0.890. The molecule has 0 spiro atoms. The summed E-state index contributed by atoms with van der Waals surface area (Å²) in [6, 6.07) is 1.86. The number of piperidine rings is 1. The van der Waals surface area contributed by atoms with E-state index in [0.717, 1.165) is 44.5 Å². The summed E-state index contributed by atoms with van der Waals surface area (Å²) in [6.07, 6.45) is 5.31. The SMILES string of the molecule is CCC(CC)C(=O)NC1CCN(c2cnn(C)c(=O)c2)CC1. The van der Waals surface area contributed by atoms with Crippen LogP contribution in [0.3, 0.4) is 0 Å². The first-order valence-electron chi connectivity index (χ1n) is 8.13. The number of aromatic nitrogens is 2. The lowest BCUT2D eigenvalue weighted by molar-refractivity contribution is -0.126. The number of amides is 1. The van der Waals surface area contributed by atoms with Crippen molar-refractivity contribution in [2.75, 3.05) is 18.0 Å². The Labute approximate surface area is 131 Å². The third-order valence-electron chi connectivity index (χ3n) is 4.52. The van der Waals surface area contributed by atoms with Crippen molar-refractivity contribution in [3.05, 3.63) is 22.6 Å². The largest absolute Gasteiger partial charge is 0.370 e. The first kappa shape index (κ1) is 16.5. The maximum absolute atomic E-state index is 12.1. The standard InChI is InChI=1S/C16H26N4O2/c1-4-12(5-2)16(22)18-13-6-8-20(9-7-13)14-10-15(21)19(3)17-11-14/h10-13H,4-9H2,1-3H3,(H,18,22). The molecule has 1 aliphatic rings. The lowest BCUT2D eigenvalue weighted by Gasteiger charge is -2.34. The molecular formula is C16H26N4O2. The Morgan fingerprint density at radius 2 is 2.00 bits per heavy atom. The zero-order valence-electron chi connectivity index (χ0n) is 13.7. The smallest absolute Gasteiger partial charge is 0.268 e. The fourth-order valence-electron chi connectivity index (χ4n) is 2.89. The molecule has 6 nitrogen and oxygen atoms in total. The molecule has 0 bridgehead atoms. The van der Waals surface area contributed by atoms with E-state index < -0.39 is 0 Å². The number of aryl methyl sites for hydroxylation is 1. The molecule has 2 rings (SSSR count). The monoisotopic (exact) mass is 306 g/mol. The first-order valence-corrected chi connectivity index (χ1v) is 8.13. The number of carbonyl (C=O) groups excluding carboxylic acids is 1. The zero-order valence-corrected chi connectivity index (χ0v) is 13.7. The van der Waals surface area contributed by atoms with E-state index in [4.69, 9.17) is 0 Å². The number of hydrogen-bond acceptors (Lipinski definition) is 4. The van der Waals surface area contributed by atoms with Crippen molar-refractivity contribution in [1.82, 2.24) is 15.1 Å². The van der Waals surface area contributed by atoms with Gasteiger partial charge in [0.2, 0.25) is 5.91 Å². The van der Waals surface area contributed by atoms with Crippen LogP contribution in [0, 0.1) is 5.92 Å². The van der Waals surface area contributed by atoms with Crippen molar-refractivity contribution in [2.45, 2.75) is 45.6 Å². The Morgan fingerprint density at radius 1 is 1.36 bits per heavy atom. The number of nitrogens with one attached hydrogen (secondary N) is 1. The van der Waals surface area contributed by atoms with Gasteiger partial charge in [0.1, 0.15) is 0 Å². The second kappa shape index (κ2) is 7.42. The first-order chi connectivity index (χ1) is 10.5. The van der Waals surface area contributed by atoms with Crippen LogP contribution in [-0.2, 0) is 11.8 Å². The molecule has 22 heavy (non-hydrogen) atoms. The third kappa shape index (κ3) is 3.87. The van der Waals surface area contributed by atoms with Gasteiger partial charge in [0.15, 0.2) is 0 Å². The highest BCUT2D eigenvalue weighted by Crippen LogP contribution is 2.18. The molecule has 1 N–H and O–H groups in total. The van der Waals surface area contributed by atoms with Gasteiger partial charge in [0.25, 0.3) is 5.56 Å². The summed E-state index contributed by atoms with van der Waals surface area (Å²) in [5.74, 6) is 0.304. The van der Waals surface area contributed by atoms with E-state index in [1.165, 1.54) is 4.68 Å². The number of rotatable bonds is 5. The molecule has 2 heterocycles. The Kier molecular flexibility index (Phi) is 5.57. The van der Waals surface area contributed by atoms with Gasteiger partial charge in [-0.15, -0.1) is 0 Å². The Balaban J connectivity index is 1.89. The molecule has 6 heteroatoms. The fraction of sp³-hybridized carbons (Fsp3) is 0.688. The topological polar surface area (TPSA) is 67.2 Å². The molecule has 122 valence electrons. The Hall–Kier alpha value is -1.85. The summed E-state index contributed by atoms with van der Waals surface area (Å²) in [6.45, 7) is 5.78. The average molecular weight is 306 g/mol. The molecule has 0 unspecified atom stereocenters. The number of anilines is 1. The van der Waals surface area contributed by atoms with Crippen LogP contribution in [0.5, 0.6) is 0 Å². The molecule has 1 fully saturated rings. The van der Waals surface area contributed by atoms with E-state index in [0.29, 0.717) is 0 Å². The van der Waals surface area contributed by atoms with Gasteiger partial charge in [-0.05, 0) is 25.7 Å². The summed E-state index contributed by atoms with van der Waals surface area (Å²) in [7, 11) is 1.64. The number of hydrogen-bond donors (Lipinski definition) is 1. The highest BCUT2D eigenvalue weighted by Gasteiger charge is 2.23. The van der Waals surface area contributed by atoms with Crippen molar-refractivity contribution < 1.29 is 4.79 Å². The Bertz CT molecular complexity index is 558. The van der Waals surface area contributed by atoms with Crippen molar-refractivity contribution in [3.8, 4) is 0 Å². The van der Waals surface area contributed by atoms with Crippen LogP contribution in [-0.4, -0.2) is 34.8 Å². The summed E-state index contributed by atoms with van der Waals surface area (Å²) in [5, 5.41) is 7.23. The predicted octanol–water partition coefficient (Wildman–Crippen LogP) is 1.30. The van der Waals surface area contributed by atoms with Crippen molar-refractivity contribution >= 4 is 11.6 Å². The van der Waals surface area contributed by atoms with E-state index in [1.807, 2.05) is 0 Å². The zero-order chi connectivity index (χ0) is 16.1. The summed E-state index contributed by atoms with van der Waals surface area (Å²) < 4.78 is 1.33. The lowest BCUT2D eigenvalue weighted by atomic mass is 9.99. The predicted molar refractivity (Wildman–Crippen MR) is 86.9 cm³/mol. The maximum atomic E-state index is 12.1. The minimum atomic E-state index is -0.0957. The molecule has 0 aliphatic carbocycles. The van der Waals surface area contributed by atoms with Crippen LogP contribution in [0.1, 0.15) is 39.5 Å². The van der Waals surface area contributed by atoms with Crippen molar-refractivity contribution in [2.24, 2.45) is 13.0 Å². The van der Waals surface area contributed by atoms with Crippen LogP contribution < -0.4 is 15.8 Å². The van der Waals surface area contributed by atoms with Gasteiger partial charge in [-0.1, -0.05) is 13.8 Å². The number of carbonyl (C=O) groups is 1. The van der Waals surface area contributed by atoms with E-state index in [9.17, 15) is 9.59 Å². The molecule has 0 radical (unpaired) electrons. The lowest BCUT2D eigenvalue weighted by Crippen LogP contribution is -2.46. The van der Waals surface area contributed by atoms with Gasteiger partial charge in [0, 0.05) is 38.2 Å². The third-order valence-corrected chi connectivity index (χ3v) is 4.52. The highest BCUT2D eigenvalue weighted by molar-refractivity contribution is 5.78. The molecule has 0 saturated carbocycles. The summed E-state index contributed by atoms with van der Waals surface area (Å²) in [4.78, 5) is 25.9. The molecule has 0 atom stereocenters. The number of nitrogens with zero attached hydrogens (tertiary/aromatic N) is 3. The molecular weight excluding hydrogens is 280 g/mol. The average Bonchev–Trinajstić information content (AvgIpc) is 2.52. The van der Waals surface area contributed by atoms with Gasteiger partial charge < -0.3 is 10.2 Å².